The van der Waals surface area contributed by atoms with Gasteiger partial charge in [-0.15, -0.1) is 0 Å². The number of benzene rings is 1. The molecule has 1 saturated heterocycles. The number of hydrogen-bond donors (Lipinski definition) is 1. The molecular formula is C16H23BO3. The second kappa shape index (κ2) is 4.09. The molecule has 1 N–H and O–H groups in total. The lowest BCUT2D eigenvalue weighted by molar-refractivity contribution is 0.00578. The van der Waals surface area contributed by atoms with E-state index >= 15 is 0 Å². The van der Waals surface area contributed by atoms with Crippen molar-refractivity contribution in [2.75, 3.05) is 0 Å². The van der Waals surface area contributed by atoms with Crippen molar-refractivity contribution in [2.45, 2.75) is 64.3 Å². The topological polar surface area (TPSA) is 38.7 Å². The molecule has 0 unspecified atom stereocenters. The Hall–Kier alpha value is -0.835. The van der Waals surface area contributed by atoms with Crippen LogP contribution in [-0.2, 0) is 14.9 Å². The van der Waals surface area contributed by atoms with E-state index in [0.717, 1.165) is 29.4 Å². The maximum atomic E-state index is 10.3. The van der Waals surface area contributed by atoms with Crippen LogP contribution in [0.2, 0.25) is 0 Å². The van der Waals surface area contributed by atoms with Gasteiger partial charge in [0, 0.05) is 0 Å². The molecule has 0 aromatic heterocycles. The van der Waals surface area contributed by atoms with Gasteiger partial charge in [0.2, 0.25) is 0 Å². The Bertz CT molecular complexity index is 531. The number of aryl methyl sites for hydroxylation is 1. The van der Waals surface area contributed by atoms with Crippen molar-refractivity contribution in [3.05, 3.63) is 29.3 Å². The molecule has 1 aromatic carbocycles. The Morgan fingerprint density at radius 3 is 2.05 bits per heavy atom. The number of hydrogen-bond acceptors (Lipinski definition) is 3. The fourth-order valence-electron chi connectivity index (χ4n) is 2.60. The number of aliphatic hydroxyl groups is 1. The monoisotopic (exact) mass is 274 g/mol. The van der Waals surface area contributed by atoms with Crippen LogP contribution in [0.1, 0.15) is 51.7 Å². The molecule has 0 amide bonds. The standard InChI is InChI=1S/C16H23BO3/c1-11-8-12(16(18)6-7-16)10-13(9-11)17-19-14(2,3)15(4,5)20-17/h8-10,18H,6-7H2,1-5H3. The third-order valence-electron chi connectivity index (χ3n) is 4.89. The van der Waals surface area contributed by atoms with E-state index in [9.17, 15) is 5.11 Å². The summed E-state index contributed by atoms with van der Waals surface area (Å²) in [5, 5.41) is 10.3. The van der Waals surface area contributed by atoms with Gasteiger partial charge in [0.1, 0.15) is 0 Å². The fraction of sp³-hybridized carbons (Fsp3) is 0.625. The third-order valence-corrected chi connectivity index (χ3v) is 4.89. The van der Waals surface area contributed by atoms with Gasteiger partial charge in [-0.3, -0.25) is 0 Å². The molecule has 0 radical (unpaired) electrons. The molecule has 0 atom stereocenters. The van der Waals surface area contributed by atoms with Crippen molar-refractivity contribution in [3.8, 4) is 0 Å². The van der Waals surface area contributed by atoms with Crippen LogP contribution in [0.15, 0.2) is 18.2 Å². The second-order valence-corrected chi connectivity index (χ2v) is 7.25. The zero-order chi connectivity index (χ0) is 14.8. The van der Waals surface area contributed by atoms with Crippen molar-refractivity contribution in [1.82, 2.24) is 0 Å². The highest BCUT2D eigenvalue weighted by Gasteiger charge is 2.52. The maximum absolute atomic E-state index is 10.3. The minimum atomic E-state index is -0.621. The average molecular weight is 274 g/mol. The lowest BCUT2D eigenvalue weighted by Gasteiger charge is -2.32. The molecular weight excluding hydrogens is 251 g/mol. The van der Waals surface area contributed by atoms with E-state index in [0.29, 0.717) is 0 Å². The van der Waals surface area contributed by atoms with E-state index in [-0.39, 0.29) is 18.3 Å². The van der Waals surface area contributed by atoms with Crippen LogP contribution in [0, 0.1) is 6.92 Å². The summed E-state index contributed by atoms with van der Waals surface area (Å²) in [6, 6.07) is 6.17. The van der Waals surface area contributed by atoms with Gasteiger partial charge in [-0.25, -0.2) is 0 Å². The van der Waals surface area contributed by atoms with Crippen molar-refractivity contribution in [1.29, 1.82) is 0 Å². The molecule has 0 spiro atoms. The van der Waals surface area contributed by atoms with E-state index in [2.05, 4.69) is 39.8 Å². The molecule has 1 saturated carbocycles. The highest BCUT2D eigenvalue weighted by Crippen LogP contribution is 2.45. The summed E-state index contributed by atoms with van der Waals surface area (Å²) in [5.74, 6) is 0. The van der Waals surface area contributed by atoms with Crippen molar-refractivity contribution in [3.63, 3.8) is 0 Å². The summed E-state index contributed by atoms with van der Waals surface area (Å²) < 4.78 is 12.2. The molecule has 2 fully saturated rings. The van der Waals surface area contributed by atoms with E-state index in [4.69, 9.17) is 9.31 Å². The molecule has 1 aliphatic heterocycles. The van der Waals surface area contributed by atoms with Gasteiger partial charge in [-0.2, -0.15) is 0 Å². The largest absolute Gasteiger partial charge is 0.494 e. The van der Waals surface area contributed by atoms with Crippen molar-refractivity contribution in [2.24, 2.45) is 0 Å². The first-order valence-electron chi connectivity index (χ1n) is 7.33. The van der Waals surface area contributed by atoms with Gasteiger partial charge in [-0.1, -0.05) is 23.8 Å². The lowest BCUT2D eigenvalue weighted by Crippen LogP contribution is -2.41. The average Bonchev–Trinajstić information content (AvgIpc) is 3.01. The van der Waals surface area contributed by atoms with Crippen LogP contribution < -0.4 is 5.46 Å². The Morgan fingerprint density at radius 2 is 1.55 bits per heavy atom. The van der Waals surface area contributed by atoms with E-state index < -0.39 is 5.60 Å². The molecule has 1 heterocycles. The van der Waals surface area contributed by atoms with Gasteiger partial charge < -0.3 is 14.4 Å². The van der Waals surface area contributed by atoms with E-state index in [1.54, 1.807) is 0 Å². The summed E-state index contributed by atoms with van der Waals surface area (Å²) in [4.78, 5) is 0. The highest BCUT2D eigenvalue weighted by atomic mass is 16.7. The van der Waals surface area contributed by atoms with Crippen molar-refractivity contribution < 1.29 is 14.4 Å². The zero-order valence-corrected chi connectivity index (χ0v) is 13.0. The first kappa shape index (κ1) is 14.1. The minimum Gasteiger partial charge on any atom is -0.399 e. The summed E-state index contributed by atoms with van der Waals surface area (Å²) in [6.45, 7) is 10.3. The summed E-state index contributed by atoms with van der Waals surface area (Å²) in [5.41, 5.74) is 1.83. The molecule has 0 bridgehead atoms. The molecule has 4 heteroatoms. The minimum absolute atomic E-state index is 0.335. The normalized spacial score (nSPS) is 25.8. The quantitative estimate of drug-likeness (QED) is 0.841. The Balaban J connectivity index is 1.94. The lowest BCUT2D eigenvalue weighted by atomic mass is 9.77. The zero-order valence-electron chi connectivity index (χ0n) is 13.0. The van der Waals surface area contributed by atoms with Crippen LogP contribution in [-0.4, -0.2) is 23.4 Å². The fourth-order valence-corrected chi connectivity index (χ4v) is 2.60. The van der Waals surface area contributed by atoms with Crippen LogP contribution >= 0.6 is 0 Å². The molecule has 108 valence electrons. The van der Waals surface area contributed by atoms with Gasteiger partial charge in [0.15, 0.2) is 0 Å². The van der Waals surface area contributed by atoms with Crippen molar-refractivity contribution >= 4 is 12.6 Å². The van der Waals surface area contributed by atoms with Gasteiger partial charge in [-0.05, 0) is 58.5 Å². The molecule has 3 nitrogen and oxygen atoms in total. The Labute approximate surface area is 121 Å². The third kappa shape index (κ3) is 2.20. The van der Waals surface area contributed by atoms with Crippen LogP contribution in [0.4, 0.5) is 0 Å². The van der Waals surface area contributed by atoms with Crippen LogP contribution in [0.5, 0.6) is 0 Å². The SMILES string of the molecule is Cc1cc(B2OC(C)(C)C(C)(C)O2)cc(C2(O)CC2)c1. The summed E-state index contributed by atoms with van der Waals surface area (Å²) >= 11 is 0. The first-order valence-corrected chi connectivity index (χ1v) is 7.33. The highest BCUT2D eigenvalue weighted by molar-refractivity contribution is 6.62. The molecule has 2 aliphatic rings. The second-order valence-electron chi connectivity index (χ2n) is 7.25. The Morgan fingerprint density at radius 1 is 1.00 bits per heavy atom. The first-order chi connectivity index (χ1) is 9.13. The van der Waals surface area contributed by atoms with Gasteiger partial charge in [0.05, 0.1) is 16.8 Å². The molecule has 1 aromatic rings. The number of rotatable bonds is 2. The maximum Gasteiger partial charge on any atom is 0.494 e. The smallest absolute Gasteiger partial charge is 0.399 e. The summed E-state index contributed by atoms with van der Waals surface area (Å²) in [7, 11) is -0.360. The molecule has 3 rings (SSSR count). The van der Waals surface area contributed by atoms with Crippen LogP contribution in [0.25, 0.3) is 0 Å². The predicted molar refractivity (Wildman–Crippen MR) is 80.0 cm³/mol. The van der Waals surface area contributed by atoms with E-state index in [1.807, 2.05) is 13.0 Å². The van der Waals surface area contributed by atoms with Gasteiger partial charge in [0.25, 0.3) is 0 Å². The predicted octanol–water partition coefficient (Wildman–Crippen LogP) is 2.28. The van der Waals surface area contributed by atoms with Gasteiger partial charge >= 0.3 is 7.12 Å². The molecule has 20 heavy (non-hydrogen) atoms. The van der Waals surface area contributed by atoms with Crippen LogP contribution in [0.3, 0.4) is 0 Å². The molecule has 1 aliphatic carbocycles. The Kier molecular flexibility index (Phi) is 2.89. The summed E-state index contributed by atoms with van der Waals surface area (Å²) in [6.07, 6.45) is 1.69. The van der Waals surface area contributed by atoms with E-state index in [1.165, 1.54) is 0 Å².